The van der Waals surface area contributed by atoms with Crippen LogP contribution in [0.4, 0.5) is 4.39 Å². The molecule has 0 radical (unpaired) electrons. The fourth-order valence-corrected chi connectivity index (χ4v) is 1.54. The molecule has 2 rings (SSSR count). The molecule has 0 aliphatic carbocycles. The van der Waals surface area contributed by atoms with E-state index >= 15 is 0 Å². The Hall–Kier alpha value is -1.49. The molecule has 0 saturated carbocycles. The number of thiol groups is 1. The molecule has 5 heteroatoms. The van der Waals surface area contributed by atoms with Crippen LogP contribution in [0.5, 0.6) is 5.75 Å². The molecule has 1 aromatic heterocycles. The van der Waals surface area contributed by atoms with Crippen molar-refractivity contribution in [2.75, 3.05) is 7.11 Å². The van der Waals surface area contributed by atoms with Gasteiger partial charge in [0.25, 0.3) is 0 Å². The number of hydrogen-bond acceptors (Lipinski definition) is 4. The lowest BCUT2D eigenvalue weighted by atomic mass is 10.1. The average Bonchev–Trinajstić information content (AvgIpc) is 2.77. The van der Waals surface area contributed by atoms with Gasteiger partial charge >= 0.3 is 0 Å². The van der Waals surface area contributed by atoms with Gasteiger partial charge in [0.05, 0.1) is 18.4 Å². The standard InChI is InChI=1S/C11H10FNO2S/c1-14-10-3-2-7(12)4-9(10)11-5-8(6-16)13-15-11/h2-5,16H,6H2,1H3. The first-order valence-electron chi connectivity index (χ1n) is 4.65. The molecule has 0 N–H and O–H groups in total. The largest absolute Gasteiger partial charge is 0.496 e. The first kappa shape index (κ1) is 11.0. The molecule has 0 fully saturated rings. The predicted molar refractivity (Wildman–Crippen MR) is 61.1 cm³/mol. The number of halogens is 1. The summed E-state index contributed by atoms with van der Waals surface area (Å²) in [6.45, 7) is 0. The van der Waals surface area contributed by atoms with Gasteiger partial charge in [0.1, 0.15) is 11.6 Å². The molecular weight excluding hydrogens is 229 g/mol. The van der Waals surface area contributed by atoms with Crippen LogP contribution in [0.15, 0.2) is 28.8 Å². The van der Waals surface area contributed by atoms with Gasteiger partial charge in [0.2, 0.25) is 0 Å². The minimum absolute atomic E-state index is 0.348. The van der Waals surface area contributed by atoms with Crippen LogP contribution in [0.2, 0.25) is 0 Å². The summed E-state index contributed by atoms with van der Waals surface area (Å²) in [4.78, 5) is 0. The maximum absolute atomic E-state index is 13.1. The van der Waals surface area contributed by atoms with E-state index in [0.29, 0.717) is 28.5 Å². The molecule has 0 saturated heterocycles. The second-order valence-electron chi connectivity index (χ2n) is 3.19. The zero-order valence-corrected chi connectivity index (χ0v) is 9.50. The highest BCUT2D eigenvalue weighted by molar-refractivity contribution is 7.79. The Bertz CT molecular complexity index is 498. The normalized spacial score (nSPS) is 10.4. The number of hydrogen-bond donors (Lipinski definition) is 1. The number of ether oxygens (including phenoxy) is 1. The summed E-state index contributed by atoms with van der Waals surface area (Å²) in [5, 5.41) is 3.79. The van der Waals surface area contributed by atoms with Crippen molar-refractivity contribution in [3.8, 4) is 17.1 Å². The highest BCUT2D eigenvalue weighted by atomic mass is 32.1. The molecule has 0 spiro atoms. The fraction of sp³-hybridized carbons (Fsp3) is 0.182. The van der Waals surface area contributed by atoms with E-state index in [1.165, 1.54) is 19.2 Å². The van der Waals surface area contributed by atoms with E-state index in [1.807, 2.05) is 0 Å². The van der Waals surface area contributed by atoms with Crippen molar-refractivity contribution in [3.63, 3.8) is 0 Å². The van der Waals surface area contributed by atoms with Crippen LogP contribution in [0.1, 0.15) is 5.69 Å². The van der Waals surface area contributed by atoms with Gasteiger partial charge in [-0.15, -0.1) is 0 Å². The summed E-state index contributed by atoms with van der Waals surface area (Å²) >= 11 is 4.08. The number of benzene rings is 1. The van der Waals surface area contributed by atoms with Gasteiger partial charge in [-0.05, 0) is 18.2 Å². The molecule has 0 aliphatic rings. The predicted octanol–water partition coefficient (Wildman–Crippen LogP) is 2.92. The Balaban J connectivity index is 2.49. The number of methoxy groups -OCH3 is 1. The topological polar surface area (TPSA) is 35.3 Å². The summed E-state index contributed by atoms with van der Waals surface area (Å²) in [5.41, 5.74) is 1.24. The van der Waals surface area contributed by atoms with Crippen LogP contribution < -0.4 is 4.74 Å². The van der Waals surface area contributed by atoms with Gasteiger partial charge in [-0.2, -0.15) is 12.6 Å². The average molecular weight is 239 g/mol. The molecule has 3 nitrogen and oxygen atoms in total. The molecule has 0 bridgehead atoms. The van der Waals surface area contributed by atoms with Crippen molar-refractivity contribution in [2.24, 2.45) is 0 Å². The Morgan fingerprint density at radius 2 is 2.25 bits per heavy atom. The monoisotopic (exact) mass is 239 g/mol. The van der Waals surface area contributed by atoms with Gasteiger partial charge in [-0.25, -0.2) is 4.39 Å². The molecular formula is C11H10FNO2S. The van der Waals surface area contributed by atoms with E-state index in [9.17, 15) is 4.39 Å². The lowest BCUT2D eigenvalue weighted by molar-refractivity contribution is 0.403. The quantitative estimate of drug-likeness (QED) is 0.836. The third kappa shape index (κ3) is 2.04. The Morgan fingerprint density at radius 3 is 2.88 bits per heavy atom. The molecule has 84 valence electrons. The van der Waals surface area contributed by atoms with E-state index in [1.54, 1.807) is 12.1 Å². The summed E-state index contributed by atoms with van der Waals surface area (Å²) < 4.78 is 23.3. The molecule has 0 amide bonds. The summed E-state index contributed by atoms with van der Waals surface area (Å²) in [6, 6.07) is 5.94. The third-order valence-corrected chi connectivity index (χ3v) is 2.47. The molecule has 1 heterocycles. The fourth-order valence-electron chi connectivity index (χ4n) is 1.39. The van der Waals surface area contributed by atoms with E-state index in [-0.39, 0.29) is 5.82 Å². The van der Waals surface area contributed by atoms with Crippen molar-refractivity contribution in [1.82, 2.24) is 5.16 Å². The van der Waals surface area contributed by atoms with Gasteiger partial charge < -0.3 is 9.26 Å². The summed E-state index contributed by atoms with van der Waals surface area (Å²) in [6.07, 6.45) is 0. The van der Waals surface area contributed by atoms with Crippen molar-refractivity contribution in [2.45, 2.75) is 5.75 Å². The highest BCUT2D eigenvalue weighted by Crippen LogP contribution is 2.31. The van der Waals surface area contributed by atoms with Crippen molar-refractivity contribution >= 4 is 12.6 Å². The van der Waals surface area contributed by atoms with Gasteiger partial charge in [-0.1, -0.05) is 5.16 Å². The third-order valence-electron chi connectivity index (χ3n) is 2.15. The Labute approximate surface area is 97.6 Å². The molecule has 0 aliphatic heterocycles. The van der Waals surface area contributed by atoms with E-state index in [2.05, 4.69) is 17.8 Å². The number of nitrogens with zero attached hydrogens (tertiary/aromatic N) is 1. The number of aromatic nitrogens is 1. The van der Waals surface area contributed by atoms with Gasteiger partial charge in [0, 0.05) is 11.8 Å². The zero-order valence-electron chi connectivity index (χ0n) is 8.61. The van der Waals surface area contributed by atoms with E-state index in [4.69, 9.17) is 9.26 Å². The van der Waals surface area contributed by atoms with Crippen LogP contribution in [-0.4, -0.2) is 12.3 Å². The van der Waals surface area contributed by atoms with Crippen LogP contribution in [0.25, 0.3) is 11.3 Å². The van der Waals surface area contributed by atoms with Crippen molar-refractivity contribution in [1.29, 1.82) is 0 Å². The zero-order chi connectivity index (χ0) is 11.5. The maximum atomic E-state index is 13.1. The van der Waals surface area contributed by atoms with Gasteiger partial charge in [0.15, 0.2) is 5.76 Å². The van der Waals surface area contributed by atoms with Crippen LogP contribution in [0.3, 0.4) is 0 Å². The van der Waals surface area contributed by atoms with Gasteiger partial charge in [-0.3, -0.25) is 0 Å². The Kier molecular flexibility index (Phi) is 3.14. The Morgan fingerprint density at radius 1 is 1.44 bits per heavy atom. The SMILES string of the molecule is COc1ccc(F)cc1-c1cc(CS)no1. The smallest absolute Gasteiger partial charge is 0.170 e. The van der Waals surface area contributed by atoms with Crippen LogP contribution >= 0.6 is 12.6 Å². The second-order valence-corrected chi connectivity index (χ2v) is 3.50. The van der Waals surface area contributed by atoms with Crippen LogP contribution in [-0.2, 0) is 5.75 Å². The first-order valence-corrected chi connectivity index (χ1v) is 5.28. The maximum Gasteiger partial charge on any atom is 0.170 e. The molecule has 0 atom stereocenters. The summed E-state index contributed by atoms with van der Waals surface area (Å²) in [5.74, 6) is 1.14. The van der Waals surface area contributed by atoms with E-state index < -0.39 is 0 Å². The minimum atomic E-state index is -0.348. The van der Waals surface area contributed by atoms with E-state index in [0.717, 1.165) is 0 Å². The minimum Gasteiger partial charge on any atom is -0.496 e. The number of rotatable bonds is 3. The second kappa shape index (κ2) is 4.57. The molecule has 16 heavy (non-hydrogen) atoms. The molecule has 1 aromatic carbocycles. The van der Waals surface area contributed by atoms with Crippen molar-refractivity contribution < 1.29 is 13.7 Å². The highest BCUT2D eigenvalue weighted by Gasteiger charge is 2.12. The summed E-state index contributed by atoms with van der Waals surface area (Å²) in [7, 11) is 1.52. The van der Waals surface area contributed by atoms with Crippen LogP contribution in [0, 0.1) is 5.82 Å². The lowest BCUT2D eigenvalue weighted by Crippen LogP contribution is -1.88. The molecule has 0 unspecified atom stereocenters. The first-order chi connectivity index (χ1) is 7.74. The van der Waals surface area contributed by atoms with Crippen molar-refractivity contribution in [3.05, 3.63) is 35.8 Å². The lowest BCUT2D eigenvalue weighted by Gasteiger charge is -2.04. The molecule has 2 aromatic rings.